The minimum absolute atomic E-state index is 0.152. The Morgan fingerprint density at radius 2 is 2.27 bits per heavy atom. The van der Waals surface area contributed by atoms with Gasteiger partial charge in [-0.1, -0.05) is 29.3 Å². The van der Waals surface area contributed by atoms with Crippen LogP contribution < -0.4 is 0 Å². The molecule has 88 valence electrons. The summed E-state index contributed by atoms with van der Waals surface area (Å²) in [5.74, 6) is 0.276. The Hall–Kier alpha value is -0.0900. The van der Waals surface area contributed by atoms with E-state index in [4.69, 9.17) is 4.74 Å². The van der Waals surface area contributed by atoms with Crippen LogP contribution in [0, 0.1) is 0 Å². The number of carbonyl (C=O) groups excluding carboxylic acids is 1. The molecule has 1 fully saturated rings. The van der Waals surface area contributed by atoms with E-state index < -0.39 is 0 Å². The monoisotopic (exact) mass is 277 g/mol. The second kappa shape index (κ2) is 6.48. The number of halogens is 1. The largest absolute Gasteiger partial charge is 0.371 e. The van der Waals surface area contributed by atoms with Gasteiger partial charge in [0.1, 0.15) is 0 Å². The predicted octanol–water partition coefficient (Wildman–Crippen LogP) is 2.19. The number of carbonyl (C=O) groups is 1. The molecule has 1 rings (SSSR count). The van der Waals surface area contributed by atoms with Crippen LogP contribution in [0.5, 0.6) is 0 Å². The Kier molecular flexibility index (Phi) is 5.61. The first-order valence-corrected chi connectivity index (χ1v) is 6.78. The summed E-state index contributed by atoms with van der Waals surface area (Å²) >= 11 is 3.40. The minimum atomic E-state index is 0.152. The average Bonchev–Trinajstić information content (AvgIpc) is 2.24. The highest BCUT2D eigenvalue weighted by atomic mass is 79.9. The van der Waals surface area contributed by atoms with Gasteiger partial charge in [-0.05, 0) is 13.3 Å². The molecule has 0 aromatic carbocycles. The van der Waals surface area contributed by atoms with Crippen LogP contribution >= 0.6 is 15.9 Å². The summed E-state index contributed by atoms with van der Waals surface area (Å²) < 4.78 is 5.68. The number of hydrogen-bond acceptors (Lipinski definition) is 2. The Balaban J connectivity index is 2.42. The van der Waals surface area contributed by atoms with Crippen LogP contribution in [-0.4, -0.2) is 41.4 Å². The smallest absolute Gasteiger partial charge is 0.222 e. The van der Waals surface area contributed by atoms with Gasteiger partial charge in [-0.3, -0.25) is 4.79 Å². The van der Waals surface area contributed by atoms with Crippen molar-refractivity contribution in [3.63, 3.8) is 0 Å². The van der Waals surface area contributed by atoms with Crippen LogP contribution in [0.15, 0.2) is 0 Å². The van der Waals surface area contributed by atoms with Gasteiger partial charge in [-0.25, -0.2) is 0 Å². The van der Waals surface area contributed by atoms with Gasteiger partial charge in [-0.2, -0.15) is 0 Å². The number of hydrogen-bond donors (Lipinski definition) is 0. The van der Waals surface area contributed by atoms with E-state index in [0.717, 1.165) is 31.3 Å². The van der Waals surface area contributed by atoms with Crippen molar-refractivity contribution < 1.29 is 9.53 Å². The molecule has 0 saturated carbocycles. The first-order valence-electron chi connectivity index (χ1n) is 5.66. The molecular weight excluding hydrogens is 258 g/mol. The van der Waals surface area contributed by atoms with Gasteiger partial charge < -0.3 is 9.64 Å². The summed E-state index contributed by atoms with van der Waals surface area (Å²) in [6, 6.07) is 0. The molecule has 4 heteroatoms. The van der Waals surface area contributed by atoms with Crippen molar-refractivity contribution in [2.75, 3.05) is 18.4 Å². The lowest BCUT2D eigenvalue weighted by Crippen LogP contribution is -2.49. The summed E-state index contributed by atoms with van der Waals surface area (Å²) in [6.45, 7) is 5.61. The summed E-state index contributed by atoms with van der Waals surface area (Å²) in [7, 11) is 0. The Morgan fingerprint density at radius 3 is 2.87 bits per heavy atom. The van der Waals surface area contributed by atoms with Crippen molar-refractivity contribution in [2.24, 2.45) is 0 Å². The first-order chi connectivity index (χ1) is 7.17. The molecule has 0 aromatic heterocycles. The van der Waals surface area contributed by atoms with Crippen molar-refractivity contribution in [3.05, 3.63) is 0 Å². The zero-order chi connectivity index (χ0) is 11.3. The van der Waals surface area contributed by atoms with Crippen LogP contribution in [0.4, 0.5) is 0 Å². The summed E-state index contributed by atoms with van der Waals surface area (Å²) in [4.78, 5) is 13.8. The molecule has 1 heterocycles. The van der Waals surface area contributed by atoms with E-state index in [1.54, 1.807) is 0 Å². The van der Waals surface area contributed by atoms with E-state index in [1.807, 2.05) is 11.8 Å². The zero-order valence-corrected chi connectivity index (χ0v) is 11.1. The fraction of sp³-hybridized carbons (Fsp3) is 0.909. The molecule has 0 aromatic rings. The predicted molar refractivity (Wildman–Crippen MR) is 64.2 cm³/mol. The van der Waals surface area contributed by atoms with E-state index in [2.05, 4.69) is 22.9 Å². The molecule has 1 aliphatic rings. The topological polar surface area (TPSA) is 29.5 Å². The zero-order valence-electron chi connectivity index (χ0n) is 9.54. The number of ether oxygens (including phenoxy) is 1. The fourth-order valence-corrected chi connectivity index (χ4v) is 2.18. The van der Waals surface area contributed by atoms with Crippen LogP contribution in [-0.2, 0) is 9.53 Å². The maximum absolute atomic E-state index is 11.8. The number of alkyl halides is 1. The Bertz CT molecular complexity index is 211. The second-order valence-corrected chi connectivity index (χ2v) is 4.77. The highest BCUT2D eigenvalue weighted by molar-refractivity contribution is 9.09. The van der Waals surface area contributed by atoms with Gasteiger partial charge in [0.05, 0.1) is 12.2 Å². The van der Waals surface area contributed by atoms with Gasteiger partial charge in [-0.15, -0.1) is 0 Å². The average molecular weight is 278 g/mol. The molecule has 0 radical (unpaired) electrons. The molecule has 2 unspecified atom stereocenters. The number of nitrogens with zero attached hydrogens (tertiary/aromatic N) is 1. The fourth-order valence-electron chi connectivity index (χ4n) is 1.82. The van der Waals surface area contributed by atoms with Gasteiger partial charge in [0, 0.05) is 24.8 Å². The molecule has 0 spiro atoms. The van der Waals surface area contributed by atoms with E-state index in [9.17, 15) is 4.79 Å². The van der Waals surface area contributed by atoms with E-state index in [-0.39, 0.29) is 18.1 Å². The maximum atomic E-state index is 11.8. The summed E-state index contributed by atoms with van der Waals surface area (Å²) in [6.07, 6.45) is 3.06. The molecule has 3 nitrogen and oxygen atoms in total. The van der Waals surface area contributed by atoms with Crippen LogP contribution in [0.3, 0.4) is 0 Å². The van der Waals surface area contributed by atoms with Crippen LogP contribution in [0.25, 0.3) is 0 Å². The molecule has 0 bridgehead atoms. The maximum Gasteiger partial charge on any atom is 0.222 e. The van der Waals surface area contributed by atoms with Crippen molar-refractivity contribution in [2.45, 2.75) is 45.3 Å². The van der Waals surface area contributed by atoms with Gasteiger partial charge in [0.25, 0.3) is 0 Å². The lowest BCUT2D eigenvalue weighted by Gasteiger charge is -2.36. The van der Waals surface area contributed by atoms with Crippen molar-refractivity contribution in [3.8, 4) is 0 Å². The number of unbranched alkanes of at least 4 members (excludes halogenated alkanes) is 1. The minimum Gasteiger partial charge on any atom is -0.371 e. The third-order valence-electron chi connectivity index (χ3n) is 2.60. The van der Waals surface area contributed by atoms with Gasteiger partial charge in [0.15, 0.2) is 0 Å². The van der Waals surface area contributed by atoms with Crippen LogP contribution in [0.2, 0.25) is 0 Å². The lowest BCUT2D eigenvalue weighted by molar-refractivity contribution is -0.142. The van der Waals surface area contributed by atoms with Gasteiger partial charge in [0.2, 0.25) is 5.91 Å². The number of morpholine rings is 1. The number of amides is 1. The molecule has 1 aliphatic heterocycles. The van der Waals surface area contributed by atoms with Crippen molar-refractivity contribution in [1.29, 1.82) is 0 Å². The second-order valence-electron chi connectivity index (χ2n) is 4.13. The van der Waals surface area contributed by atoms with Crippen molar-refractivity contribution >= 4 is 21.8 Å². The summed E-state index contributed by atoms with van der Waals surface area (Å²) in [5.41, 5.74) is 0. The van der Waals surface area contributed by atoms with E-state index >= 15 is 0 Å². The molecule has 2 atom stereocenters. The van der Waals surface area contributed by atoms with Crippen LogP contribution in [0.1, 0.15) is 33.1 Å². The standard InChI is InChI=1S/C11H20BrNO2/c1-3-4-5-11(14)13-7-9(2)15-10(6-12)8-13/h9-10H,3-8H2,1-2H3. The molecule has 1 saturated heterocycles. The molecule has 0 N–H and O–H groups in total. The van der Waals surface area contributed by atoms with Gasteiger partial charge >= 0.3 is 0 Å². The molecular formula is C11H20BrNO2. The third kappa shape index (κ3) is 4.11. The quantitative estimate of drug-likeness (QED) is 0.738. The number of rotatable bonds is 4. The Morgan fingerprint density at radius 1 is 1.53 bits per heavy atom. The van der Waals surface area contributed by atoms with Crippen molar-refractivity contribution in [1.82, 2.24) is 4.90 Å². The SMILES string of the molecule is CCCCC(=O)N1CC(C)OC(CBr)C1. The third-order valence-corrected chi connectivity index (χ3v) is 3.32. The highest BCUT2D eigenvalue weighted by Crippen LogP contribution is 2.14. The molecule has 1 amide bonds. The van der Waals surface area contributed by atoms with E-state index in [1.165, 1.54) is 0 Å². The lowest BCUT2D eigenvalue weighted by atomic mass is 10.2. The highest BCUT2D eigenvalue weighted by Gasteiger charge is 2.27. The Labute approximate surface area is 100 Å². The molecule has 0 aliphatic carbocycles. The summed E-state index contributed by atoms with van der Waals surface area (Å²) in [5, 5.41) is 0.800. The first kappa shape index (κ1) is 13.0. The molecule has 15 heavy (non-hydrogen) atoms. The van der Waals surface area contributed by atoms with E-state index in [0.29, 0.717) is 6.42 Å². The normalized spacial score (nSPS) is 26.7.